The molecule has 0 aromatic carbocycles. The summed E-state index contributed by atoms with van der Waals surface area (Å²) in [5.74, 6) is -0.248. The van der Waals surface area contributed by atoms with Gasteiger partial charge in [-0.25, -0.2) is 0 Å². The second-order valence-corrected chi connectivity index (χ2v) is 5.72. The van der Waals surface area contributed by atoms with Crippen molar-refractivity contribution in [1.29, 1.82) is 0 Å². The lowest BCUT2D eigenvalue weighted by Crippen LogP contribution is -2.56. The molecule has 3 atom stereocenters. The highest BCUT2D eigenvalue weighted by atomic mass is 19.4. The normalized spacial score (nSPS) is 21.2. The molecule has 0 aromatic rings. The van der Waals surface area contributed by atoms with Gasteiger partial charge in [0.1, 0.15) is 6.04 Å². The number of allylic oxidation sites excluding steroid dienone is 3. The van der Waals surface area contributed by atoms with Gasteiger partial charge < -0.3 is 15.2 Å². The number of halogens is 3. The topological polar surface area (TPSA) is 44.7 Å². The van der Waals surface area contributed by atoms with Crippen LogP contribution in [0.1, 0.15) is 6.92 Å². The predicted molar refractivity (Wildman–Crippen MR) is 88.8 cm³/mol. The summed E-state index contributed by atoms with van der Waals surface area (Å²) in [5, 5.41) is 12.5. The van der Waals surface area contributed by atoms with E-state index in [1.165, 1.54) is 0 Å². The summed E-state index contributed by atoms with van der Waals surface area (Å²) in [6.07, 6.45) is 2.68. The van der Waals surface area contributed by atoms with Crippen LogP contribution in [0.4, 0.5) is 13.2 Å². The first-order valence-electron chi connectivity index (χ1n) is 8.08. The van der Waals surface area contributed by atoms with Gasteiger partial charge in [0.15, 0.2) is 0 Å². The number of nitrogens with zero attached hydrogens (tertiary/aromatic N) is 1. The Kier molecular flexibility index (Phi) is 9.28. The summed E-state index contributed by atoms with van der Waals surface area (Å²) in [6.45, 7) is 7.53. The van der Waals surface area contributed by atoms with E-state index in [2.05, 4.69) is 11.9 Å². The molecule has 1 rings (SSSR count). The monoisotopic (exact) mass is 348 g/mol. The van der Waals surface area contributed by atoms with Crippen molar-refractivity contribution in [2.45, 2.75) is 25.2 Å². The van der Waals surface area contributed by atoms with Crippen LogP contribution < -0.4 is 5.32 Å². The maximum absolute atomic E-state index is 13.3. The Morgan fingerprint density at radius 2 is 1.96 bits per heavy atom. The van der Waals surface area contributed by atoms with Crippen LogP contribution in [0.5, 0.6) is 0 Å². The molecule has 0 saturated carbocycles. The Hall–Kier alpha value is -1.15. The van der Waals surface area contributed by atoms with E-state index in [0.29, 0.717) is 26.3 Å². The first-order valence-corrected chi connectivity index (χ1v) is 8.08. The molecule has 0 aliphatic carbocycles. The molecular weight excluding hydrogens is 321 g/mol. The van der Waals surface area contributed by atoms with E-state index in [1.54, 1.807) is 29.2 Å². The zero-order chi connectivity index (χ0) is 18.0. The molecule has 0 spiro atoms. The Balaban J connectivity index is 2.61. The highest BCUT2D eigenvalue weighted by Gasteiger charge is 2.44. The zero-order valence-corrected chi connectivity index (χ0v) is 14.0. The van der Waals surface area contributed by atoms with Crippen LogP contribution in [0.15, 0.2) is 37.0 Å². The van der Waals surface area contributed by atoms with Gasteiger partial charge in [-0.05, 0) is 6.92 Å². The van der Waals surface area contributed by atoms with Gasteiger partial charge in [-0.15, -0.1) is 6.58 Å². The summed E-state index contributed by atoms with van der Waals surface area (Å²) in [6, 6.07) is -1.97. The molecule has 3 unspecified atom stereocenters. The van der Waals surface area contributed by atoms with Crippen molar-refractivity contribution in [1.82, 2.24) is 10.2 Å². The van der Waals surface area contributed by atoms with Crippen LogP contribution in [0.2, 0.25) is 0 Å². The SMILES string of the molecule is C=CC(C=C/C=C\C)CNC(C(O)CN1CCOCC1)C(F)(F)F. The fraction of sp³-hybridized carbons (Fsp3) is 0.647. The van der Waals surface area contributed by atoms with Crippen molar-refractivity contribution in [3.8, 4) is 0 Å². The van der Waals surface area contributed by atoms with Gasteiger partial charge in [-0.3, -0.25) is 4.90 Å². The van der Waals surface area contributed by atoms with E-state index in [0.717, 1.165) is 0 Å². The molecule has 0 aromatic heterocycles. The van der Waals surface area contributed by atoms with Crippen LogP contribution in [-0.4, -0.2) is 67.7 Å². The van der Waals surface area contributed by atoms with Gasteiger partial charge in [0, 0.05) is 32.1 Å². The summed E-state index contributed by atoms with van der Waals surface area (Å²) in [7, 11) is 0. The number of ether oxygens (including phenoxy) is 1. The molecule has 24 heavy (non-hydrogen) atoms. The highest BCUT2D eigenvalue weighted by Crippen LogP contribution is 2.23. The first-order chi connectivity index (χ1) is 11.4. The van der Waals surface area contributed by atoms with Gasteiger partial charge in [0.25, 0.3) is 0 Å². The Labute approximate surface area is 141 Å². The number of hydrogen-bond acceptors (Lipinski definition) is 4. The minimum atomic E-state index is -4.52. The fourth-order valence-corrected chi connectivity index (χ4v) is 2.43. The minimum Gasteiger partial charge on any atom is -0.390 e. The van der Waals surface area contributed by atoms with E-state index >= 15 is 0 Å². The van der Waals surface area contributed by atoms with Crippen molar-refractivity contribution in [3.63, 3.8) is 0 Å². The van der Waals surface area contributed by atoms with Crippen LogP contribution in [0.3, 0.4) is 0 Å². The Morgan fingerprint density at radius 3 is 2.50 bits per heavy atom. The van der Waals surface area contributed by atoms with E-state index in [-0.39, 0.29) is 19.0 Å². The van der Waals surface area contributed by atoms with Gasteiger partial charge >= 0.3 is 6.18 Å². The third-order valence-electron chi connectivity index (χ3n) is 3.82. The highest BCUT2D eigenvalue weighted by molar-refractivity contribution is 5.07. The molecule has 138 valence electrons. The van der Waals surface area contributed by atoms with Gasteiger partial charge in [-0.2, -0.15) is 13.2 Å². The molecule has 4 nitrogen and oxygen atoms in total. The average Bonchev–Trinajstić information content (AvgIpc) is 2.53. The molecular formula is C17H27F3N2O2. The molecule has 1 aliphatic heterocycles. The standard InChI is InChI=1S/C17H27F3N2O2/c1-3-5-6-7-14(4-2)12-21-16(17(18,19)20)15(23)13-22-8-10-24-11-9-22/h3-7,14-16,21,23H,2,8-13H2,1H3/b5-3-,7-6?. The summed E-state index contributed by atoms with van der Waals surface area (Å²) < 4.78 is 45.0. The van der Waals surface area contributed by atoms with Crippen LogP contribution in [-0.2, 0) is 4.74 Å². The van der Waals surface area contributed by atoms with Crippen molar-refractivity contribution < 1.29 is 23.0 Å². The number of nitrogens with one attached hydrogen (secondary N) is 1. The molecule has 0 amide bonds. The Bertz CT molecular complexity index is 419. The van der Waals surface area contributed by atoms with Gasteiger partial charge in [0.05, 0.1) is 19.3 Å². The number of morpholine rings is 1. The van der Waals surface area contributed by atoms with E-state index in [9.17, 15) is 18.3 Å². The number of β-amino-alcohol motifs (C(OH)–C–C–N with tert-alkyl or cyclic N) is 1. The largest absolute Gasteiger partial charge is 0.406 e. The fourth-order valence-electron chi connectivity index (χ4n) is 2.43. The van der Waals surface area contributed by atoms with Crippen molar-refractivity contribution in [2.24, 2.45) is 5.92 Å². The molecule has 1 fully saturated rings. The molecule has 2 N–H and O–H groups in total. The number of aliphatic hydroxyl groups is 1. The van der Waals surface area contributed by atoms with E-state index in [4.69, 9.17) is 4.74 Å². The number of aliphatic hydroxyl groups excluding tert-OH is 1. The summed E-state index contributed by atoms with van der Waals surface area (Å²) >= 11 is 0. The quantitative estimate of drug-likeness (QED) is 0.495. The van der Waals surface area contributed by atoms with Crippen LogP contribution in [0, 0.1) is 5.92 Å². The second kappa shape index (κ2) is 10.7. The van der Waals surface area contributed by atoms with Crippen LogP contribution >= 0.6 is 0 Å². The Morgan fingerprint density at radius 1 is 1.29 bits per heavy atom. The van der Waals surface area contributed by atoms with E-state index < -0.39 is 18.3 Å². The lowest BCUT2D eigenvalue weighted by atomic mass is 10.1. The molecule has 1 saturated heterocycles. The third kappa shape index (κ3) is 7.61. The maximum Gasteiger partial charge on any atom is 0.406 e. The number of rotatable bonds is 9. The van der Waals surface area contributed by atoms with Gasteiger partial charge in [0.2, 0.25) is 0 Å². The molecule has 1 aliphatic rings. The summed E-state index contributed by atoms with van der Waals surface area (Å²) in [4.78, 5) is 1.78. The van der Waals surface area contributed by atoms with Crippen LogP contribution in [0.25, 0.3) is 0 Å². The van der Waals surface area contributed by atoms with Crippen molar-refractivity contribution >= 4 is 0 Å². The minimum absolute atomic E-state index is 0.0340. The van der Waals surface area contributed by atoms with E-state index in [1.807, 2.05) is 13.0 Å². The third-order valence-corrected chi connectivity index (χ3v) is 3.82. The first kappa shape index (κ1) is 20.9. The zero-order valence-electron chi connectivity index (χ0n) is 14.0. The predicted octanol–water partition coefficient (Wildman–Crippen LogP) is 2.13. The van der Waals surface area contributed by atoms with Crippen molar-refractivity contribution in [3.05, 3.63) is 37.0 Å². The molecule has 1 heterocycles. The van der Waals surface area contributed by atoms with Crippen molar-refractivity contribution in [2.75, 3.05) is 39.4 Å². The average molecular weight is 348 g/mol. The maximum atomic E-state index is 13.3. The lowest BCUT2D eigenvalue weighted by molar-refractivity contribution is -0.180. The smallest absolute Gasteiger partial charge is 0.390 e. The number of alkyl halides is 3. The van der Waals surface area contributed by atoms with Gasteiger partial charge in [-0.1, -0.05) is 30.4 Å². The lowest BCUT2D eigenvalue weighted by Gasteiger charge is -2.33. The number of hydrogen-bond donors (Lipinski definition) is 2. The molecule has 0 bridgehead atoms. The second-order valence-electron chi connectivity index (χ2n) is 5.72. The molecule has 0 radical (unpaired) electrons. The molecule has 7 heteroatoms. The summed E-state index contributed by atoms with van der Waals surface area (Å²) in [5.41, 5.74) is 0.